The normalized spacial score (nSPS) is 10.3. The van der Waals surface area contributed by atoms with Crippen LogP contribution in [0.1, 0.15) is 65.2 Å². The van der Waals surface area contributed by atoms with Crippen molar-refractivity contribution in [2.75, 3.05) is 6.61 Å². The first kappa shape index (κ1) is 14.4. The zero-order valence-corrected chi connectivity index (χ0v) is 10.2. The summed E-state index contributed by atoms with van der Waals surface area (Å²) in [6.45, 7) is 4.61. The first-order valence-corrected chi connectivity index (χ1v) is 6.21. The van der Waals surface area contributed by atoms with Crippen LogP contribution in [0.5, 0.6) is 0 Å². The molecule has 0 heterocycles. The monoisotopic (exact) mass is 215 g/mol. The van der Waals surface area contributed by atoms with E-state index in [9.17, 15) is 4.79 Å². The third kappa shape index (κ3) is 11.4. The van der Waals surface area contributed by atoms with Gasteiger partial charge in [-0.1, -0.05) is 45.4 Å². The van der Waals surface area contributed by atoms with Gasteiger partial charge in [0.25, 0.3) is 0 Å². The maximum absolute atomic E-state index is 11.1. The fraction of sp³-hybridized carbons (Fsp3) is 0.917. The van der Waals surface area contributed by atoms with Gasteiger partial charge in [0.2, 0.25) is 5.91 Å². The van der Waals surface area contributed by atoms with Crippen LogP contribution in [0.25, 0.3) is 0 Å². The number of nitrogens with one attached hydrogen (secondary N) is 1. The number of carbonyl (C=O) groups is 1. The molecule has 0 bridgehead atoms. The largest absolute Gasteiger partial charge is 0.274 e. The van der Waals surface area contributed by atoms with Crippen molar-refractivity contribution in [3.05, 3.63) is 0 Å². The fourth-order valence-corrected chi connectivity index (χ4v) is 1.45. The predicted octanol–water partition coefficient (Wildman–Crippen LogP) is 3.19. The Labute approximate surface area is 93.5 Å². The van der Waals surface area contributed by atoms with E-state index in [0.29, 0.717) is 13.0 Å². The maximum Gasteiger partial charge on any atom is 0.243 e. The van der Waals surface area contributed by atoms with Gasteiger partial charge in [-0.05, 0) is 13.3 Å². The Hall–Kier alpha value is -0.570. The Balaban J connectivity index is 3.06. The van der Waals surface area contributed by atoms with Crippen molar-refractivity contribution in [3.8, 4) is 0 Å². The molecule has 1 N–H and O–H groups in total. The number of carbonyl (C=O) groups excluding carboxylic acids is 1. The summed E-state index contributed by atoms with van der Waals surface area (Å²) < 4.78 is 0. The molecule has 0 atom stereocenters. The number of hydroxylamine groups is 1. The second kappa shape index (κ2) is 11.5. The van der Waals surface area contributed by atoms with Crippen LogP contribution >= 0.6 is 0 Å². The summed E-state index contributed by atoms with van der Waals surface area (Å²) in [5.41, 5.74) is 2.40. The molecule has 15 heavy (non-hydrogen) atoms. The van der Waals surface area contributed by atoms with Crippen molar-refractivity contribution >= 4 is 5.91 Å². The Morgan fingerprint density at radius 2 is 1.60 bits per heavy atom. The lowest BCUT2D eigenvalue weighted by Gasteiger charge is -2.03. The van der Waals surface area contributed by atoms with Gasteiger partial charge in [-0.15, -0.1) is 0 Å². The van der Waals surface area contributed by atoms with Crippen molar-refractivity contribution < 1.29 is 9.63 Å². The summed E-state index contributed by atoms with van der Waals surface area (Å²) in [5, 5.41) is 0. The lowest BCUT2D eigenvalue weighted by Crippen LogP contribution is -2.23. The Morgan fingerprint density at radius 3 is 2.20 bits per heavy atom. The first-order chi connectivity index (χ1) is 7.31. The van der Waals surface area contributed by atoms with E-state index in [1.165, 1.54) is 32.1 Å². The van der Waals surface area contributed by atoms with Crippen LogP contribution in [0, 0.1) is 0 Å². The van der Waals surface area contributed by atoms with Crippen molar-refractivity contribution in [2.45, 2.75) is 65.2 Å². The molecular weight excluding hydrogens is 190 g/mol. The van der Waals surface area contributed by atoms with Gasteiger partial charge in [-0.25, -0.2) is 5.48 Å². The van der Waals surface area contributed by atoms with E-state index in [-0.39, 0.29) is 5.91 Å². The molecule has 1 amide bonds. The van der Waals surface area contributed by atoms with Gasteiger partial charge in [-0.3, -0.25) is 9.63 Å². The van der Waals surface area contributed by atoms with E-state index < -0.39 is 0 Å². The summed E-state index contributed by atoms with van der Waals surface area (Å²) in [4.78, 5) is 15.9. The van der Waals surface area contributed by atoms with E-state index in [4.69, 9.17) is 4.84 Å². The van der Waals surface area contributed by atoms with Crippen molar-refractivity contribution in [3.63, 3.8) is 0 Å². The van der Waals surface area contributed by atoms with Crippen molar-refractivity contribution in [2.24, 2.45) is 0 Å². The molecule has 0 aromatic heterocycles. The molecule has 0 aliphatic rings. The molecule has 0 radical (unpaired) electrons. The molecule has 0 fully saturated rings. The highest BCUT2D eigenvalue weighted by atomic mass is 16.6. The Bertz CT molecular complexity index is 149. The highest BCUT2D eigenvalue weighted by Crippen LogP contribution is 2.08. The van der Waals surface area contributed by atoms with Gasteiger partial charge in [0.05, 0.1) is 6.61 Å². The second-order valence-corrected chi connectivity index (χ2v) is 3.83. The third-order valence-electron chi connectivity index (χ3n) is 2.34. The first-order valence-electron chi connectivity index (χ1n) is 6.21. The molecule has 0 rings (SSSR count). The van der Waals surface area contributed by atoms with Gasteiger partial charge in [0, 0.05) is 6.42 Å². The van der Waals surface area contributed by atoms with Crippen LogP contribution in [0.15, 0.2) is 0 Å². The highest BCUT2D eigenvalue weighted by Gasteiger charge is 1.99. The van der Waals surface area contributed by atoms with E-state index in [0.717, 1.165) is 12.8 Å². The lowest BCUT2D eigenvalue weighted by molar-refractivity contribution is -0.133. The molecule has 0 aliphatic carbocycles. The number of rotatable bonds is 10. The predicted molar refractivity (Wildman–Crippen MR) is 62.4 cm³/mol. The second-order valence-electron chi connectivity index (χ2n) is 3.83. The number of hydrogen-bond acceptors (Lipinski definition) is 2. The van der Waals surface area contributed by atoms with Crippen LogP contribution < -0.4 is 5.48 Å². The number of hydrogen-bond donors (Lipinski definition) is 1. The smallest absolute Gasteiger partial charge is 0.243 e. The molecule has 0 aromatic rings. The van der Waals surface area contributed by atoms with E-state index in [1.807, 2.05) is 6.92 Å². The third-order valence-corrected chi connectivity index (χ3v) is 2.34. The minimum absolute atomic E-state index is 0.00501. The van der Waals surface area contributed by atoms with Gasteiger partial charge < -0.3 is 0 Å². The SMILES string of the molecule is CCCCCCCCCC(=O)NOCC. The summed E-state index contributed by atoms with van der Waals surface area (Å²) in [5.74, 6) is 0.00501. The van der Waals surface area contributed by atoms with Gasteiger partial charge in [0.15, 0.2) is 0 Å². The molecule has 3 heteroatoms. The van der Waals surface area contributed by atoms with E-state index in [1.54, 1.807) is 0 Å². The molecule has 3 nitrogen and oxygen atoms in total. The molecule has 0 spiro atoms. The van der Waals surface area contributed by atoms with Crippen LogP contribution in [0.4, 0.5) is 0 Å². The minimum atomic E-state index is 0.00501. The zero-order chi connectivity index (χ0) is 11.4. The summed E-state index contributed by atoms with van der Waals surface area (Å²) in [6.07, 6.45) is 9.24. The summed E-state index contributed by atoms with van der Waals surface area (Å²) in [7, 11) is 0. The standard InChI is InChI=1S/C12H25NO2/c1-3-5-6-7-8-9-10-11-12(14)13-15-4-2/h3-11H2,1-2H3,(H,13,14). The van der Waals surface area contributed by atoms with Crippen LogP contribution in [-0.4, -0.2) is 12.5 Å². The average molecular weight is 215 g/mol. The van der Waals surface area contributed by atoms with Crippen LogP contribution in [0.3, 0.4) is 0 Å². The Morgan fingerprint density at radius 1 is 1.00 bits per heavy atom. The van der Waals surface area contributed by atoms with Crippen molar-refractivity contribution in [1.82, 2.24) is 5.48 Å². The quantitative estimate of drug-likeness (QED) is 0.449. The fourth-order valence-electron chi connectivity index (χ4n) is 1.45. The number of amides is 1. The zero-order valence-electron chi connectivity index (χ0n) is 10.2. The van der Waals surface area contributed by atoms with Gasteiger partial charge in [-0.2, -0.15) is 0 Å². The molecule has 0 aromatic carbocycles. The summed E-state index contributed by atoms with van der Waals surface area (Å²) in [6, 6.07) is 0. The number of unbranched alkanes of at least 4 members (excludes halogenated alkanes) is 6. The molecule has 0 saturated carbocycles. The van der Waals surface area contributed by atoms with Crippen molar-refractivity contribution in [1.29, 1.82) is 0 Å². The topological polar surface area (TPSA) is 38.3 Å². The minimum Gasteiger partial charge on any atom is -0.274 e. The summed E-state index contributed by atoms with van der Waals surface area (Å²) >= 11 is 0. The van der Waals surface area contributed by atoms with Crippen LogP contribution in [-0.2, 0) is 9.63 Å². The molecule has 0 aliphatic heterocycles. The van der Waals surface area contributed by atoms with Gasteiger partial charge in [0.1, 0.15) is 0 Å². The van der Waals surface area contributed by atoms with E-state index >= 15 is 0 Å². The van der Waals surface area contributed by atoms with Crippen LogP contribution in [0.2, 0.25) is 0 Å². The van der Waals surface area contributed by atoms with E-state index in [2.05, 4.69) is 12.4 Å². The van der Waals surface area contributed by atoms with Gasteiger partial charge >= 0.3 is 0 Å². The molecule has 90 valence electrons. The Kier molecular flexibility index (Phi) is 11.1. The lowest BCUT2D eigenvalue weighted by atomic mass is 10.1. The molecule has 0 unspecified atom stereocenters. The molecular formula is C12H25NO2. The molecule has 0 saturated heterocycles. The maximum atomic E-state index is 11.1. The average Bonchev–Trinajstić information content (AvgIpc) is 2.25. The highest BCUT2D eigenvalue weighted by molar-refractivity contribution is 5.74.